The molecule has 0 saturated carbocycles. The van der Waals surface area contributed by atoms with Crippen LogP contribution in [0.4, 0.5) is 4.79 Å². The maximum atomic E-state index is 12.4. The van der Waals surface area contributed by atoms with E-state index in [1.54, 1.807) is 11.1 Å². The largest absolute Gasteiger partial charge is 0.444 e. The highest BCUT2D eigenvalue weighted by molar-refractivity contribution is 5.93. The quantitative estimate of drug-likeness (QED) is 0.908. The topological polar surface area (TPSA) is 75.9 Å². The van der Waals surface area contributed by atoms with Crippen LogP contribution in [-0.2, 0) is 4.74 Å². The molecule has 7 nitrogen and oxygen atoms in total. The lowest BCUT2D eigenvalue weighted by atomic mass is 10.1. The molecule has 0 aliphatic carbocycles. The Morgan fingerprint density at radius 3 is 2.60 bits per heavy atom. The number of pyridine rings is 1. The molecule has 134 valence electrons. The number of ether oxygens (including phenoxy) is 1. The number of aromatic nitrogens is 2. The molecule has 7 heteroatoms. The van der Waals surface area contributed by atoms with Crippen molar-refractivity contribution in [2.45, 2.75) is 45.3 Å². The van der Waals surface area contributed by atoms with Gasteiger partial charge in [0.15, 0.2) is 0 Å². The van der Waals surface area contributed by atoms with Crippen molar-refractivity contribution in [3.05, 3.63) is 36.3 Å². The number of likely N-dealkylation sites (tertiary alicyclic amines) is 1. The van der Waals surface area contributed by atoms with Crippen molar-refractivity contribution in [1.29, 1.82) is 0 Å². The van der Waals surface area contributed by atoms with Crippen molar-refractivity contribution in [3.63, 3.8) is 0 Å². The van der Waals surface area contributed by atoms with Crippen LogP contribution in [-0.4, -0.2) is 51.0 Å². The van der Waals surface area contributed by atoms with E-state index in [0.717, 1.165) is 5.65 Å². The number of carbonyl (C=O) groups excluding carboxylic acids is 2. The molecule has 0 radical (unpaired) electrons. The summed E-state index contributed by atoms with van der Waals surface area (Å²) in [4.78, 5) is 30.5. The van der Waals surface area contributed by atoms with E-state index >= 15 is 0 Å². The Labute approximate surface area is 147 Å². The molecule has 3 rings (SSSR count). The number of imidazole rings is 1. The van der Waals surface area contributed by atoms with Crippen LogP contribution < -0.4 is 5.32 Å². The molecule has 2 amide bonds. The highest BCUT2D eigenvalue weighted by atomic mass is 16.6. The molecular weight excluding hydrogens is 320 g/mol. The predicted molar refractivity (Wildman–Crippen MR) is 93.5 cm³/mol. The first-order valence-corrected chi connectivity index (χ1v) is 8.54. The number of carbonyl (C=O) groups is 2. The monoisotopic (exact) mass is 344 g/mol. The molecule has 1 aliphatic heterocycles. The first kappa shape index (κ1) is 17.3. The lowest BCUT2D eigenvalue weighted by Crippen LogP contribution is -2.47. The molecule has 0 unspecified atom stereocenters. The van der Waals surface area contributed by atoms with Crippen molar-refractivity contribution in [2.24, 2.45) is 0 Å². The molecule has 1 aliphatic rings. The van der Waals surface area contributed by atoms with Crippen molar-refractivity contribution in [2.75, 3.05) is 13.1 Å². The molecule has 2 aromatic rings. The van der Waals surface area contributed by atoms with Crippen LogP contribution in [0.3, 0.4) is 0 Å². The zero-order valence-corrected chi connectivity index (χ0v) is 14.9. The second-order valence-electron chi connectivity index (χ2n) is 7.31. The lowest BCUT2D eigenvalue weighted by Gasteiger charge is -2.33. The molecule has 0 atom stereocenters. The normalized spacial score (nSPS) is 16.0. The van der Waals surface area contributed by atoms with Gasteiger partial charge in [-0.15, -0.1) is 0 Å². The SMILES string of the molecule is CC(C)(C)OC(=O)N1CCC(NC(=O)c2cn3ccccc3n2)CC1. The van der Waals surface area contributed by atoms with Crippen LogP contribution in [0.1, 0.15) is 44.1 Å². The highest BCUT2D eigenvalue weighted by Gasteiger charge is 2.27. The Bertz CT molecular complexity index is 737. The van der Waals surface area contributed by atoms with Crippen LogP contribution in [0.5, 0.6) is 0 Å². The van der Waals surface area contributed by atoms with Crippen molar-refractivity contribution < 1.29 is 14.3 Å². The van der Waals surface area contributed by atoms with Crippen LogP contribution >= 0.6 is 0 Å². The standard InChI is InChI=1S/C18H24N4O3/c1-18(2,3)25-17(24)21-10-7-13(8-11-21)19-16(23)14-12-22-9-5-4-6-15(22)20-14/h4-6,9,12-13H,7-8,10-11H2,1-3H3,(H,19,23). The first-order valence-electron chi connectivity index (χ1n) is 8.54. The van der Waals surface area contributed by atoms with E-state index in [0.29, 0.717) is 31.6 Å². The number of nitrogens with one attached hydrogen (secondary N) is 1. The summed E-state index contributed by atoms with van der Waals surface area (Å²) in [5.74, 6) is -0.181. The van der Waals surface area contributed by atoms with Crippen molar-refractivity contribution in [1.82, 2.24) is 19.6 Å². The number of fused-ring (bicyclic) bond motifs is 1. The third-order valence-corrected chi connectivity index (χ3v) is 4.08. The fraction of sp³-hybridized carbons (Fsp3) is 0.500. The van der Waals surface area contributed by atoms with E-state index in [2.05, 4.69) is 10.3 Å². The van der Waals surface area contributed by atoms with Gasteiger partial charge in [0.1, 0.15) is 16.9 Å². The smallest absolute Gasteiger partial charge is 0.410 e. The molecule has 3 heterocycles. The Morgan fingerprint density at radius 1 is 1.24 bits per heavy atom. The van der Waals surface area contributed by atoms with E-state index in [1.165, 1.54) is 0 Å². The molecular formula is C18H24N4O3. The fourth-order valence-corrected chi connectivity index (χ4v) is 2.84. The molecule has 1 N–H and O–H groups in total. The van der Waals surface area contributed by atoms with Gasteiger partial charge in [0.25, 0.3) is 5.91 Å². The van der Waals surface area contributed by atoms with E-state index in [-0.39, 0.29) is 18.0 Å². The van der Waals surface area contributed by atoms with E-state index in [4.69, 9.17) is 4.74 Å². The molecule has 1 saturated heterocycles. The molecule has 1 fully saturated rings. The fourth-order valence-electron chi connectivity index (χ4n) is 2.84. The van der Waals surface area contributed by atoms with Crippen LogP contribution in [0, 0.1) is 0 Å². The van der Waals surface area contributed by atoms with E-state index in [1.807, 2.05) is 49.6 Å². The summed E-state index contributed by atoms with van der Waals surface area (Å²) in [5, 5.41) is 3.01. The minimum absolute atomic E-state index is 0.0380. The number of hydrogen-bond acceptors (Lipinski definition) is 4. The van der Waals surface area contributed by atoms with Gasteiger partial charge in [-0.1, -0.05) is 6.07 Å². The van der Waals surface area contributed by atoms with E-state index in [9.17, 15) is 9.59 Å². The van der Waals surface area contributed by atoms with Crippen molar-refractivity contribution in [3.8, 4) is 0 Å². The van der Waals surface area contributed by atoms with Gasteiger partial charge < -0.3 is 19.4 Å². The van der Waals surface area contributed by atoms with E-state index < -0.39 is 5.60 Å². The minimum atomic E-state index is -0.495. The zero-order valence-electron chi connectivity index (χ0n) is 14.9. The van der Waals surface area contributed by atoms with Crippen LogP contribution in [0.15, 0.2) is 30.6 Å². The van der Waals surface area contributed by atoms with Gasteiger partial charge >= 0.3 is 6.09 Å². The number of piperidine rings is 1. The third-order valence-electron chi connectivity index (χ3n) is 4.08. The summed E-state index contributed by atoms with van der Waals surface area (Å²) < 4.78 is 7.20. The summed E-state index contributed by atoms with van der Waals surface area (Å²) in [6, 6.07) is 5.67. The first-order chi connectivity index (χ1) is 11.8. The Balaban J connectivity index is 1.53. The summed E-state index contributed by atoms with van der Waals surface area (Å²) in [6.07, 6.45) is 4.70. The number of hydrogen-bond donors (Lipinski definition) is 1. The summed E-state index contributed by atoms with van der Waals surface area (Å²) in [5.41, 5.74) is 0.652. The van der Waals surface area contributed by atoms with Gasteiger partial charge in [-0.2, -0.15) is 0 Å². The number of rotatable bonds is 2. The lowest BCUT2D eigenvalue weighted by molar-refractivity contribution is 0.0199. The number of amides is 2. The second kappa shape index (κ2) is 6.74. The maximum Gasteiger partial charge on any atom is 0.410 e. The predicted octanol–water partition coefficient (Wildman–Crippen LogP) is 2.46. The highest BCUT2D eigenvalue weighted by Crippen LogP contribution is 2.16. The molecule has 0 spiro atoms. The van der Waals surface area contributed by atoms with Gasteiger partial charge in [0, 0.05) is 31.5 Å². The summed E-state index contributed by atoms with van der Waals surface area (Å²) in [6.45, 7) is 6.71. The average molecular weight is 344 g/mol. The molecule has 25 heavy (non-hydrogen) atoms. The molecule has 0 aromatic carbocycles. The molecule has 2 aromatic heterocycles. The minimum Gasteiger partial charge on any atom is -0.444 e. The van der Waals surface area contributed by atoms with Gasteiger partial charge in [-0.25, -0.2) is 9.78 Å². The average Bonchev–Trinajstić information content (AvgIpc) is 2.98. The summed E-state index contributed by atoms with van der Waals surface area (Å²) >= 11 is 0. The second-order valence-corrected chi connectivity index (χ2v) is 7.31. The van der Waals surface area contributed by atoms with Crippen molar-refractivity contribution >= 4 is 17.6 Å². The van der Waals surface area contributed by atoms with Gasteiger partial charge in [-0.3, -0.25) is 4.79 Å². The Morgan fingerprint density at radius 2 is 1.96 bits per heavy atom. The van der Waals surface area contributed by atoms with Gasteiger partial charge in [0.2, 0.25) is 0 Å². The summed E-state index contributed by atoms with van der Waals surface area (Å²) in [7, 11) is 0. The number of nitrogens with zero attached hydrogens (tertiary/aromatic N) is 3. The van der Waals surface area contributed by atoms with Crippen LogP contribution in [0.2, 0.25) is 0 Å². The van der Waals surface area contributed by atoms with Gasteiger partial charge in [-0.05, 0) is 45.7 Å². The Hall–Kier alpha value is -2.57. The Kier molecular flexibility index (Phi) is 4.65. The maximum absolute atomic E-state index is 12.4. The zero-order chi connectivity index (χ0) is 18.0. The third kappa shape index (κ3) is 4.29. The van der Waals surface area contributed by atoms with Gasteiger partial charge in [0.05, 0.1) is 0 Å². The van der Waals surface area contributed by atoms with Crippen LogP contribution in [0.25, 0.3) is 5.65 Å². The molecule has 0 bridgehead atoms.